The van der Waals surface area contributed by atoms with E-state index in [2.05, 4.69) is 10.3 Å². The summed E-state index contributed by atoms with van der Waals surface area (Å²) in [5.41, 5.74) is 1.33. The summed E-state index contributed by atoms with van der Waals surface area (Å²) in [5, 5.41) is 4.64. The summed E-state index contributed by atoms with van der Waals surface area (Å²) in [6.07, 6.45) is 1.61. The number of nitrogens with zero attached hydrogens (tertiary/aromatic N) is 2. The Bertz CT molecular complexity index is 1320. The fourth-order valence-electron chi connectivity index (χ4n) is 3.06. The van der Waals surface area contributed by atoms with Crippen molar-refractivity contribution in [3.8, 4) is 0 Å². The predicted molar refractivity (Wildman–Crippen MR) is 121 cm³/mol. The van der Waals surface area contributed by atoms with Crippen LogP contribution in [-0.2, 0) is 6.54 Å². The molecule has 30 heavy (non-hydrogen) atoms. The highest BCUT2D eigenvalue weighted by Gasteiger charge is 2.17. The molecule has 0 fully saturated rings. The lowest BCUT2D eigenvalue weighted by Gasteiger charge is -2.13. The molecule has 0 aliphatic rings. The number of halogens is 3. The molecule has 8 heteroatoms. The number of fused-ring (bicyclic) bond motifs is 1. The number of anilines is 1. The standard InChI is InChI=1S/C22H14Cl3N3O2/c23-15-5-3-13(4-6-15)12-28-20-14(2-1-9-26-20)10-17(22(28)30)21(29)27-16-7-8-18(24)19(25)11-16/h1-11H,12H2,(H,27,29). The Morgan fingerprint density at radius 2 is 1.73 bits per heavy atom. The minimum atomic E-state index is -0.547. The van der Waals surface area contributed by atoms with E-state index in [-0.39, 0.29) is 12.1 Å². The lowest BCUT2D eigenvalue weighted by atomic mass is 10.1. The molecule has 1 amide bonds. The van der Waals surface area contributed by atoms with Gasteiger partial charge in [0.2, 0.25) is 0 Å². The van der Waals surface area contributed by atoms with Crippen molar-refractivity contribution in [2.24, 2.45) is 0 Å². The number of benzene rings is 2. The largest absolute Gasteiger partial charge is 0.322 e. The van der Waals surface area contributed by atoms with E-state index in [4.69, 9.17) is 34.8 Å². The topological polar surface area (TPSA) is 64.0 Å². The van der Waals surface area contributed by atoms with Crippen LogP contribution >= 0.6 is 34.8 Å². The summed E-state index contributed by atoms with van der Waals surface area (Å²) in [6.45, 7) is 0.247. The zero-order chi connectivity index (χ0) is 21.3. The Morgan fingerprint density at radius 3 is 2.47 bits per heavy atom. The number of hydrogen-bond acceptors (Lipinski definition) is 3. The van der Waals surface area contributed by atoms with E-state index < -0.39 is 11.5 Å². The third-order valence-corrected chi connectivity index (χ3v) is 5.51. The third kappa shape index (κ3) is 4.19. The first-order valence-corrected chi connectivity index (χ1v) is 10.0. The van der Waals surface area contributed by atoms with Crippen molar-refractivity contribution in [3.63, 3.8) is 0 Å². The van der Waals surface area contributed by atoms with Crippen LogP contribution in [0.4, 0.5) is 5.69 Å². The summed E-state index contributed by atoms with van der Waals surface area (Å²) in [4.78, 5) is 30.4. The molecule has 0 radical (unpaired) electrons. The van der Waals surface area contributed by atoms with E-state index in [9.17, 15) is 9.59 Å². The molecule has 4 rings (SSSR count). The van der Waals surface area contributed by atoms with Crippen LogP contribution in [-0.4, -0.2) is 15.5 Å². The maximum Gasteiger partial charge on any atom is 0.265 e. The van der Waals surface area contributed by atoms with Gasteiger partial charge in [0.1, 0.15) is 11.2 Å². The second-order valence-corrected chi connectivity index (χ2v) is 7.83. The molecular weight excluding hydrogens is 445 g/mol. The summed E-state index contributed by atoms with van der Waals surface area (Å²) in [7, 11) is 0. The van der Waals surface area contributed by atoms with Crippen LogP contribution in [0.2, 0.25) is 15.1 Å². The van der Waals surface area contributed by atoms with Crippen LogP contribution in [0, 0.1) is 0 Å². The van der Waals surface area contributed by atoms with Gasteiger partial charge in [-0.05, 0) is 54.1 Å². The Balaban J connectivity index is 1.77. The van der Waals surface area contributed by atoms with Gasteiger partial charge in [0, 0.05) is 22.3 Å². The van der Waals surface area contributed by atoms with Gasteiger partial charge >= 0.3 is 0 Å². The van der Waals surface area contributed by atoms with E-state index in [0.717, 1.165) is 5.56 Å². The van der Waals surface area contributed by atoms with Gasteiger partial charge in [-0.25, -0.2) is 4.98 Å². The molecule has 0 saturated heterocycles. The molecule has 2 aromatic carbocycles. The number of hydrogen-bond donors (Lipinski definition) is 1. The highest BCUT2D eigenvalue weighted by Crippen LogP contribution is 2.25. The lowest BCUT2D eigenvalue weighted by molar-refractivity contribution is 0.102. The van der Waals surface area contributed by atoms with Gasteiger partial charge in [0.05, 0.1) is 16.6 Å². The lowest BCUT2D eigenvalue weighted by Crippen LogP contribution is -2.30. The van der Waals surface area contributed by atoms with Crippen LogP contribution < -0.4 is 10.9 Å². The second-order valence-electron chi connectivity index (χ2n) is 6.58. The van der Waals surface area contributed by atoms with Crippen molar-refractivity contribution in [1.82, 2.24) is 9.55 Å². The molecule has 2 heterocycles. The number of carbonyl (C=O) groups excluding carboxylic acids is 1. The van der Waals surface area contributed by atoms with Crippen LogP contribution in [0.25, 0.3) is 11.0 Å². The number of rotatable bonds is 4. The molecule has 0 saturated carbocycles. The fraction of sp³-hybridized carbons (Fsp3) is 0.0455. The normalized spacial score (nSPS) is 10.9. The van der Waals surface area contributed by atoms with Crippen molar-refractivity contribution in [3.05, 3.63) is 103 Å². The predicted octanol–water partition coefficient (Wildman–Crippen LogP) is 5.66. The number of aromatic nitrogens is 2. The van der Waals surface area contributed by atoms with Gasteiger partial charge in [-0.2, -0.15) is 0 Å². The van der Waals surface area contributed by atoms with E-state index in [1.807, 2.05) is 12.1 Å². The maximum atomic E-state index is 13.2. The Kier molecular flexibility index (Phi) is 5.77. The minimum absolute atomic E-state index is 0.00413. The van der Waals surface area contributed by atoms with E-state index in [1.54, 1.807) is 42.6 Å². The summed E-state index contributed by atoms with van der Waals surface area (Å²) in [6, 6.07) is 16.9. The van der Waals surface area contributed by atoms with Gasteiger partial charge < -0.3 is 5.32 Å². The number of pyridine rings is 2. The smallest absolute Gasteiger partial charge is 0.265 e. The maximum absolute atomic E-state index is 13.2. The SMILES string of the molecule is O=C(Nc1ccc(Cl)c(Cl)c1)c1cc2cccnc2n(Cc2ccc(Cl)cc2)c1=O. The first kappa shape index (κ1) is 20.4. The molecule has 0 aliphatic heterocycles. The van der Waals surface area contributed by atoms with Crippen molar-refractivity contribution >= 4 is 57.4 Å². The van der Waals surface area contributed by atoms with Gasteiger partial charge in [0.15, 0.2) is 0 Å². The Labute approximate surface area is 186 Å². The molecule has 0 aliphatic carbocycles. The summed E-state index contributed by atoms with van der Waals surface area (Å²) < 4.78 is 1.47. The molecule has 0 spiro atoms. The van der Waals surface area contributed by atoms with Crippen LogP contribution in [0.5, 0.6) is 0 Å². The van der Waals surface area contributed by atoms with Crippen LogP contribution in [0.1, 0.15) is 15.9 Å². The molecule has 5 nitrogen and oxygen atoms in total. The first-order chi connectivity index (χ1) is 14.4. The van der Waals surface area contributed by atoms with Crippen molar-refractivity contribution < 1.29 is 4.79 Å². The quantitative estimate of drug-likeness (QED) is 0.429. The zero-order valence-electron chi connectivity index (χ0n) is 15.4. The average molecular weight is 459 g/mol. The van der Waals surface area contributed by atoms with E-state index >= 15 is 0 Å². The summed E-state index contributed by atoms with van der Waals surface area (Å²) >= 11 is 17.9. The van der Waals surface area contributed by atoms with Crippen molar-refractivity contribution in [2.75, 3.05) is 5.32 Å². The molecule has 150 valence electrons. The Hall–Kier alpha value is -2.86. The number of amides is 1. The van der Waals surface area contributed by atoms with Gasteiger partial charge in [-0.3, -0.25) is 14.2 Å². The van der Waals surface area contributed by atoms with Gasteiger partial charge in [-0.15, -0.1) is 0 Å². The molecule has 0 atom stereocenters. The monoisotopic (exact) mass is 457 g/mol. The molecule has 0 bridgehead atoms. The van der Waals surface area contributed by atoms with Gasteiger partial charge in [-0.1, -0.05) is 46.9 Å². The first-order valence-electron chi connectivity index (χ1n) is 8.92. The summed E-state index contributed by atoms with van der Waals surface area (Å²) in [5.74, 6) is -0.547. The number of nitrogens with one attached hydrogen (secondary N) is 1. The fourth-order valence-corrected chi connectivity index (χ4v) is 3.48. The number of carbonyl (C=O) groups is 1. The van der Waals surface area contributed by atoms with E-state index in [1.165, 1.54) is 16.7 Å². The highest BCUT2D eigenvalue weighted by atomic mass is 35.5. The van der Waals surface area contributed by atoms with Crippen LogP contribution in [0.15, 0.2) is 71.7 Å². The minimum Gasteiger partial charge on any atom is -0.322 e. The molecular formula is C22H14Cl3N3O2. The van der Waals surface area contributed by atoms with Crippen molar-refractivity contribution in [1.29, 1.82) is 0 Å². The van der Waals surface area contributed by atoms with E-state index in [0.29, 0.717) is 31.8 Å². The molecule has 0 unspecified atom stereocenters. The molecule has 2 aromatic heterocycles. The van der Waals surface area contributed by atoms with Crippen LogP contribution in [0.3, 0.4) is 0 Å². The highest BCUT2D eigenvalue weighted by molar-refractivity contribution is 6.42. The molecule has 1 N–H and O–H groups in total. The van der Waals surface area contributed by atoms with Crippen molar-refractivity contribution in [2.45, 2.75) is 6.54 Å². The zero-order valence-corrected chi connectivity index (χ0v) is 17.7. The average Bonchev–Trinajstić information content (AvgIpc) is 2.74. The third-order valence-electron chi connectivity index (χ3n) is 4.52. The second kappa shape index (κ2) is 8.48. The Morgan fingerprint density at radius 1 is 0.967 bits per heavy atom. The van der Waals surface area contributed by atoms with Gasteiger partial charge in [0.25, 0.3) is 11.5 Å². The molecule has 4 aromatic rings.